The maximum absolute atomic E-state index is 12.4. The molecule has 0 saturated carbocycles. The molecule has 0 fully saturated rings. The van der Waals surface area contributed by atoms with Crippen molar-refractivity contribution in [1.82, 2.24) is 0 Å². The summed E-state index contributed by atoms with van der Waals surface area (Å²) in [5.74, 6) is 0.558. The van der Waals surface area contributed by atoms with Crippen molar-refractivity contribution in [2.45, 2.75) is 10.6 Å². The highest BCUT2D eigenvalue weighted by Gasteiger charge is 2.12. The minimum atomic E-state index is -1.01. The monoisotopic (exact) mass is 344 g/mol. The molecule has 0 radical (unpaired) electrons. The third-order valence-corrected chi connectivity index (χ3v) is 5.05. The second kappa shape index (κ2) is 6.00. The Morgan fingerprint density at radius 3 is 2.35 bits per heavy atom. The first-order chi connectivity index (χ1) is 9.72. The van der Waals surface area contributed by atoms with Crippen molar-refractivity contribution < 1.29 is 4.55 Å². The van der Waals surface area contributed by atoms with Gasteiger partial charge in [0.2, 0.25) is 0 Å². The van der Waals surface area contributed by atoms with Crippen LogP contribution in [0, 0.1) is 0 Å². The molecule has 3 rings (SSSR count). The predicted molar refractivity (Wildman–Crippen MR) is 88.2 cm³/mol. The third kappa shape index (κ3) is 3.06. The summed E-state index contributed by atoms with van der Waals surface area (Å²) in [6, 6.07) is 22.1. The van der Waals surface area contributed by atoms with E-state index < -0.39 is 11.2 Å². The van der Waals surface area contributed by atoms with Gasteiger partial charge in [-0.05, 0) is 46.2 Å². The molecule has 0 aliphatic carbocycles. The Bertz CT molecular complexity index is 727. The van der Waals surface area contributed by atoms with Crippen LogP contribution in [0.25, 0.3) is 10.8 Å². The van der Waals surface area contributed by atoms with Gasteiger partial charge in [0.15, 0.2) is 4.90 Å². The summed E-state index contributed by atoms with van der Waals surface area (Å²) in [7, 11) is 0. The predicted octanol–water partition coefficient (Wildman–Crippen LogP) is 4.91. The quantitative estimate of drug-likeness (QED) is 0.619. The highest BCUT2D eigenvalue weighted by Crippen LogP contribution is 2.24. The smallest absolute Gasteiger partial charge is 0.153 e. The molecule has 0 aliphatic heterocycles. The molecule has 0 aliphatic rings. The molecule has 0 heterocycles. The van der Waals surface area contributed by atoms with E-state index in [1.54, 1.807) is 0 Å². The van der Waals surface area contributed by atoms with Crippen LogP contribution in [-0.4, -0.2) is 4.55 Å². The van der Waals surface area contributed by atoms with Gasteiger partial charge in [0.05, 0.1) is 0 Å². The van der Waals surface area contributed by atoms with E-state index >= 15 is 0 Å². The molecule has 0 N–H and O–H groups in total. The molecule has 1 atom stereocenters. The van der Waals surface area contributed by atoms with Crippen LogP contribution in [0.5, 0.6) is 0 Å². The van der Waals surface area contributed by atoms with Crippen molar-refractivity contribution in [1.29, 1.82) is 0 Å². The number of benzene rings is 3. The van der Waals surface area contributed by atoms with Crippen LogP contribution in [0.3, 0.4) is 0 Å². The SMILES string of the molecule is [O-][S+](Cc1ccccc1)c1ccc2cc(Br)ccc2c1. The van der Waals surface area contributed by atoms with Gasteiger partial charge in [-0.3, -0.25) is 0 Å². The lowest BCUT2D eigenvalue weighted by Gasteiger charge is -2.11. The Morgan fingerprint density at radius 1 is 0.850 bits per heavy atom. The minimum absolute atomic E-state index is 0.558. The first-order valence-electron chi connectivity index (χ1n) is 6.34. The summed E-state index contributed by atoms with van der Waals surface area (Å²) < 4.78 is 13.5. The van der Waals surface area contributed by atoms with E-state index in [1.165, 1.54) is 0 Å². The Labute approximate surface area is 129 Å². The molecular formula is C17H13BrOS. The fourth-order valence-electron chi connectivity index (χ4n) is 2.15. The van der Waals surface area contributed by atoms with Gasteiger partial charge in [-0.2, -0.15) is 0 Å². The van der Waals surface area contributed by atoms with Gasteiger partial charge < -0.3 is 4.55 Å². The highest BCUT2D eigenvalue weighted by atomic mass is 79.9. The lowest BCUT2D eigenvalue weighted by molar-refractivity contribution is 0.594. The summed E-state index contributed by atoms with van der Waals surface area (Å²) in [5, 5.41) is 2.27. The summed E-state index contributed by atoms with van der Waals surface area (Å²) >= 11 is 2.46. The molecule has 1 unspecified atom stereocenters. The number of rotatable bonds is 3. The van der Waals surface area contributed by atoms with Crippen LogP contribution >= 0.6 is 15.9 Å². The van der Waals surface area contributed by atoms with Crippen LogP contribution in [-0.2, 0) is 16.9 Å². The first-order valence-corrected chi connectivity index (χ1v) is 8.45. The molecule has 100 valence electrons. The Morgan fingerprint density at radius 2 is 1.55 bits per heavy atom. The van der Waals surface area contributed by atoms with Gasteiger partial charge >= 0.3 is 0 Å². The van der Waals surface area contributed by atoms with Crippen molar-refractivity contribution in [2.75, 3.05) is 0 Å². The largest absolute Gasteiger partial charge is 0.611 e. The van der Waals surface area contributed by atoms with E-state index in [0.29, 0.717) is 5.75 Å². The summed E-state index contributed by atoms with van der Waals surface area (Å²) in [6.07, 6.45) is 0. The van der Waals surface area contributed by atoms with Crippen LogP contribution in [0.2, 0.25) is 0 Å². The van der Waals surface area contributed by atoms with Gasteiger partial charge in [0.1, 0.15) is 5.75 Å². The zero-order valence-electron chi connectivity index (χ0n) is 10.8. The molecule has 0 aromatic heterocycles. The molecule has 3 aromatic carbocycles. The Hall–Kier alpha value is -1.29. The van der Waals surface area contributed by atoms with Gasteiger partial charge in [-0.25, -0.2) is 0 Å². The minimum Gasteiger partial charge on any atom is -0.611 e. The van der Waals surface area contributed by atoms with Crippen molar-refractivity contribution in [3.8, 4) is 0 Å². The zero-order valence-corrected chi connectivity index (χ0v) is 13.2. The van der Waals surface area contributed by atoms with Crippen molar-refractivity contribution in [2.24, 2.45) is 0 Å². The molecule has 0 amide bonds. The number of hydrogen-bond donors (Lipinski definition) is 0. The van der Waals surface area contributed by atoms with Crippen molar-refractivity contribution in [3.05, 3.63) is 76.8 Å². The van der Waals surface area contributed by atoms with E-state index in [1.807, 2.05) is 60.7 Å². The fourth-order valence-corrected chi connectivity index (χ4v) is 3.66. The van der Waals surface area contributed by atoms with E-state index in [9.17, 15) is 4.55 Å². The van der Waals surface area contributed by atoms with E-state index in [2.05, 4.69) is 22.0 Å². The third-order valence-electron chi connectivity index (χ3n) is 3.18. The second-order valence-corrected chi connectivity index (χ2v) is 7.00. The van der Waals surface area contributed by atoms with E-state index in [0.717, 1.165) is 25.7 Å². The second-order valence-electron chi connectivity index (χ2n) is 4.63. The van der Waals surface area contributed by atoms with E-state index in [-0.39, 0.29) is 0 Å². The first kappa shape index (κ1) is 13.7. The van der Waals surface area contributed by atoms with Crippen molar-refractivity contribution >= 4 is 37.9 Å². The summed E-state index contributed by atoms with van der Waals surface area (Å²) in [5.41, 5.74) is 1.10. The number of halogens is 1. The van der Waals surface area contributed by atoms with Crippen LogP contribution < -0.4 is 0 Å². The molecule has 3 aromatic rings. The van der Waals surface area contributed by atoms with Crippen molar-refractivity contribution in [3.63, 3.8) is 0 Å². The molecule has 20 heavy (non-hydrogen) atoms. The fraction of sp³-hybridized carbons (Fsp3) is 0.0588. The van der Waals surface area contributed by atoms with Crippen LogP contribution in [0.4, 0.5) is 0 Å². The van der Waals surface area contributed by atoms with E-state index in [4.69, 9.17) is 0 Å². The number of fused-ring (bicyclic) bond motifs is 1. The molecular weight excluding hydrogens is 332 g/mol. The van der Waals surface area contributed by atoms with Gasteiger partial charge in [-0.15, -0.1) is 0 Å². The lowest BCUT2D eigenvalue weighted by Crippen LogP contribution is -2.04. The normalized spacial score (nSPS) is 12.5. The summed E-state index contributed by atoms with van der Waals surface area (Å²) in [6.45, 7) is 0. The maximum atomic E-state index is 12.4. The van der Waals surface area contributed by atoms with Gasteiger partial charge in [-0.1, -0.05) is 52.3 Å². The molecule has 0 bridgehead atoms. The molecule has 0 spiro atoms. The highest BCUT2D eigenvalue weighted by molar-refractivity contribution is 9.10. The Balaban J connectivity index is 1.88. The average Bonchev–Trinajstić information content (AvgIpc) is 2.47. The topological polar surface area (TPSA) is 23.1 Å². The molecule has 0 saturated heterocycles. The lowest BCUT2D eigenvalue weighted by atomic mass is 10.1. The van der Waals surface area contributed by atoms with Gasteiger partial charge in [0.25, 0.3) is 0 Å². The Kier molecular flexibility index (Phi) is 4.10. The van der Waals surface area contributed by atoms with Gasteiger partial charge in [0, 0.05) is 16.1 Å². The molecule has 1 nitrogen and oxygen atoms in total. The summed E-state index contributed by atoms with van der Waals surface area (Å²) in [4.78, 5) is 0.878. The molecule has 3 heteroatoms. The number of hydrogen-bond acceptors (Lipinski definition) is 1. The zero-order chi connectivity index (χ0) is 13.9. The van der Waals surface area contributed by atoms with Crippen LogP contribution in [0.1, 0.15) is 5.56 Å². The van der Waals surface area contributed by atoms with Crippen LogP contribution in [0.15, 0.2) is 76.1 Å². The average molecular weight is 345 g/mol. The standard InChI is InChI=1S/C17H13BrOS/c18-16-8-6-15-11-17(9-7-14(15)10-16)20(19)12-13-4-2-1-3-5-13/h1-11H,12H2. The maximum Gasteiger partial charge on any atom is 0.153 e.